The lowest BCUT2D eigenvalue weighted by Crippen LogP contribution is -1.98. The highest BCUT2D eigenvalue weighted by molar-refractivity contribution is 5.66. The molecule has 21 heavy (non-hydrogen) atoms. The zero-order valence-corrected chi connectivity index (χ0v) is 11.8. The third-order valence-corrected chi connectivity index (χ3v) is 2.87. The monoisotopic (exact) mass is 292 g/mol. The maximum absolute atomic E-state index is 10.5. The molecule has 0 aliphatic heterocycles. The molecule has 1 aromatic heterocycles. The number of hydrogen-bond donors (Lipinski definition) is 1. The molecule has 1 heterocycles. The largest absolute Gasteiger partial charge is 0.493 e. The number of aromatic nitrogens is 2. The molecule has 7 nitrogen and oxygen atoms in total. The van der Waals surface area contributed by atoms with Crippen molar-refractivity contribution in [2.45, 2.75) is 19.3 Å². The highest BCUT2D eigenvalue weighted by Crippen LogP contribution is 2.28. The summed E-state index contributed by atoms with van der Waals surface area (Å²) in [6.45, 7) is 0. The molecule has 0 unspecified atom stereocenters. The third-order valence-electron chi connectivity index (χ3n) is 2.87. The second-order valence-corrected chi connectivity index (χ2v) is 4.36. The van der Waals surface area contributed by atoms with Gasteiger partial charge in [-0.1, -0.05) is 11.2 Å². The van der Waals surface area contributed by atoms with Gasteiger partial charge in [0, 0.05) is 12.8 Å². The number of carboxylic acid groups (broad SMARTS) is 1. The maximum Gasteiger partial charge on any atom is 0.303 e. The minimum absolute atomic E-state index is 0.0298. The number of carboxylic acids is 1. The van der Waals surface area contributed by atoms with Crippen molar-refractivity contribution >= 4 is 5.97 Å². The average molecular weight is 292 g/mol. The maximum atomic E-state index is 10.5. The quantitative estimate of drug-likeness (QED) is 0.829. The normalized spacial score (nSPS) is 10.4. The smallest absolute Gasteiger partial charge is 0.303 e. The Hall–Kier alpha value is -2.57. The molecule has 0 spiro atoms. The van der Waals surface area contributed by atoms with Crippen LogP contribution in [-0.4, -0.2) is 35.4 Å². The molecule has 0 bridgehead atoms. The van der Waals surface area contributed by atoms with Crippen molar-refractivity contribution in [1.29, 1.82) is 0 Å². The van der Waals surface area contributed by atoms with Crippen LogP contribution in [0.5, 0.6) is 11.5 Å². The van der Waals surface area contributed by atoms with E-state index in [4.69, 9.17) is 19.1 Å². The first-order valence-electron chi connectivity index (χ1n) is 6.36. The number of benzene rings is 1. The first-order chi connectivity index (χ1) is 10.1. The Morgan fingerprint density at radius 1 is 1.29 bits per heavy atom. The molecule has 0 fully saturated rings. The van der Waals surface area contributed by atoms with Gasteiger partial charge >= 0.3 is 5.97 Å². The van der Waals surface area contributed by atoms with Gasteiger partial charge in [0.1, 0.15) is 0 Å². The topological polar surface area (TPSA) is 94.7 Å². The molecule has 112 valence electrons. The molecule has 1 aromatic carbocycles. The van der Waals surface area contributed by atoms with E-state index in [1.165, 1.54) is 0 Å². The summed E-state index contributed by atoms with van der Waals surface area (Å²) in [6.07, 6.45) is 0.670. The van der Waals surface area contributed by atoms with Crippen LogP contribution in [0.25, 0.3) is 0 Å². The van der Waals surface area contributed by atoms with Crippen LogP contribution in [0.15, 0.2) is 22.7 Å². The third kappa shape index (κ3) is 3.95. The number of aliphatic carboxylic acids is 1. The lowest BCUT2D eigenvalue weighted by Gasteiger charge is -2.08. The van der Waals surface area contributed by atoms with Gasteiger partial charge in [0.15, 0.2) is 17.3 Å². The summed E-state index contributed by atoms with van der Waals surface area (Å²) in [5, 5.41) is 12.4. The van der Waals surface area contributed by atoms with E-state index in [1.807, 2.05) is 12.1 Å². The molecule has 0 saturated carbocycles. The Bertz CT molecular complexity index is 624. The number of ether oxygens (including phenoxy) is 2. The molecule has 2 rings (SSSR count). The van der Waals surface area contributed by atoms with Gasteiger partial charge in [-0.15, -0.1) is 0 Å². The summed E-state index contributed by atoms with van der Waals surface area (Å²) in [5.74, 6) is 1.21. The Morgan fingerprint density at radius 2 is 2.05 bits per heavy atom. The minimum atomic E-state index is -0.894. The zero-order chi connectivity index (χ0) is 15.2. The van der Waals surface area contributed by atoms with Crippen LogP contribution in [0.2, 0.25) is 0 Å². The summed E-state index contributed by atoms with van der Waals surface area (Å²) in [5.41, 5.74) is 0.943. The Morgan fingerprint density at radius 3 is 2.71 bits per heavy atom. The molecule has 0 amide bonds. The highest BCUT2D eigenvalue weighted by Gasteiger charge is 2.11. The van der Waals surface area contributed by atoms with Gasteiger partial charge in [0.2, 0.25) is 5.89 Å². The summed E-state index contributed by atoms with van der Waals surface area (Å²) in [4.78, 5) is 14.6. The molecule has 0 saturated heterocycles. The fourth-order valence-electron chi connectivity index (χ4n) is 1.85. The summed E-state index contributed by atoms with van der Waals surface area (Å²) in [7, 11) is 3.14. The van der Waals surface area contributed by atoms with E-state index in [9.17, 15) is 4.79 Å². The van der Waals surface area contributed by atoms with Crippen LogP contribution >= 0.6 is 0 Å². The Kier molecular flexibility index (Phi) is 4.76. The lowest BCUT2D eigenvalue weighted by atomic mass is 10.1. The van der Waals surface area contributed by atoms with Crippen LogP contribution in [-0.2, 0) is 17.6 Å². The fraction of sp³-hybridized carbons (Fsp3) is 0.357. The average Bonchev–Trinajstić information content (AvgIpc) is 2.92. The van der Waals surface area contributed by atoms with Crippen molar-refractivity contribution < 1.29 is 23.9 Å². The van der Waals surface area contributed by atoms with Gasteiger partial charge in [-0.05, 0) is 17.7 Å². The standard InChI is InChI=1S/C14H16N2O5/c1-19-10-4-3-9(7-11(10)20-2)8-12-15-13(21-16-12)5-6-14(17)18/h3-4,7H,5-6,8H2,1-2H3,(H,17,18). The second-order valence-electron chi connectivity index (χ2n) is 4.36. The van der Waals surface area contributed by atoms with E-state index in [-0.39, 0.29) is 12.8 Å². The molecule has 0 radical (unpaired) electrons. The van der Waals surface area contributed by atoms with Crippen LogP contribution < -0.4 is 9.47 Å². The number of nitrogens with zero attached hydrogens (tertiary/aromatic N) is 2. The molecule has 0 atom stereocenters. The van der Waals surface area contributed by atoms with Crippen LogP contribution in [0, 0.1) is 0 Å². The minimum Gasteiger partial charge on any atom is -0.493 e. The predicted octanol–water partition coefficient (Wildman–Crippen LogP) is 1.69. The highest BCUT2D eigenvalue weighted by atomic mass is 16.5. The molecular formula is C14H16N2O5. The van der Waals surface area contributed by atoms with E-state index in [0.717, 1.165) is 5.56 Å². The van der Waals surface area contributed by atoms with Crippen molar-refractivity contribution in [3.63, 3.8) is 0 Å². The Balaban J connectivity index is 2.06. The van der Waals surface area contributed by atoms with Crippen molar-refractivity contribution in [2.24, 2.45) is 0 Å². The SMILES string of the molecule is COc1ccc(Cc2noc(CCC(=O)O)n2)cc1OC. The van der Waals surface area contributed by atoms with Gasteiger partial charge in [0.05, 0.1) is 20.6 Å². The van der Waals surface area contributed by atoms with Crippen molar-refractivity contribution in [1.82, 2.24) is 10.1 Å². The lowest BCUT2D eigenvalue weighted by molar-refractivity contribution is -0.137. The molecule has 0 aliphatic rings. The number of aryl methyl sites for hydroxylation is 1. The van der Waals surface area contributed by atoms with Gasteiger partial charge in [-0.3, -0.25) is 4.79 Å². The molecule has 0 aliphatic carbocycles. The summed E-state index contributed by atoms with van der Waals surface area (Å²) < 4.78 is 15.4. The van der Waals surface area contributed by atoms with E-state index < -0.39 is 5.97 Å². The van der Waals surface area contributed by atoms with E-state index >= 15 is 0 Å². The van der Waals surface area contributed by atoms with Gasteiger partial charge < -0.3 is 19.1 Å². The number of methoxy groups -OCH3 is 2. The molecular weight excluding hydrogens is 276 g/mol. The first-order valence-corrected chi connectivity index (χ1v) is 6.36. The van der Waals surface area contributed by atoms with Crippen LogP contribution in [0.4, 0.5) is 0 Å². The van der Waals surface area contributed by atoms with E-state index in [2.05, 4.69) is 10.1 Å². The van der Waals surface area contributed by atoms with E-state index in [0.29, 0.717) is 29.6 Å². The Labute approximate surface area is 121 Å². The number of rotatable bonds is 7. The molecule has 2 aromatic rings. The van der Waals surface area contributed by atoms with Gasteiger partial charge in [-0.2, -0.15) is 4.98 Å². The van der Waals surface area contributed by atoms with Crippen molar-refractivity contribution in [2.75, 3.05) is 14.2 Å². The van der Waals surface area contributed by atoms with Crippen LogP contribution in [0.3, 0.4) is 0 Å². The van der Waals surface area contributed by atoms with Crippen molar-refractivity contribution in [3.05, 3.63) is 35.5 Å². The number of carbonyl (C=O) groups is 1. The first kappa shape index (κ1) is 14.8. The summed E-state index contributed by atoms with van der Waals surface area (Å²) in [6, 6.07) is 5.53. The van der Waals surface area contributed by atoms with E-state index in [1.54, 1.807) is 20.3 Å². The van der Waals surface area contributed by atoms with Crippen molar-refractivity contribution in [3.8, 4) is 11.5 Å². The van der Waals surface area contributed by atoms with Gasteiger partial charge in [0.25, 0.3) is 0 Å². The van der Waals surface area contributed by atoms with Crippen LogP contribution in [0.1, 0.15) is 23.7 Å². The predicted molar refractivity (Wildman–Crippen MR) is 72.6 cm³/mol. The fourth-order valence-corrected chi connectivity index (χ4v) is 1.85. The second kappa shape index (κ2) is 6.74. The molecule has 1 N–H and O–H groups in total. The summed E-state index contributed by atoms with van der Waals surface area (Å²) >= 11 is 0. The zero-order valence-electron chi connectivity index (χ0n) is 11.8. The number of hydrogen-bond acceptors (Lipinski definition) is 6. The van der Waals surface area contributed by atoms with Gasteiger partial charge in [-0.25, -0.2) is 0 Å². The molecule has 7 heteroatoms.